The first-order valence-electron chi connectivity index (χ1n) is 6.93. The lowest BCUT2D eigenvalue weighted by Gasteiger charge is -2.12. The first-order valence-corrected chi connectivity index (χ1v) is 6.93. The van der Waals surface area contributed by atoms with Gasteiger partial charge in [-0.25, -0.2) is 4.79 Å². The van der Waals surface area contributed by atoms with E-state index in [1.54, 1.807) is 0 Å². The zero-order valence-corrected chi connectivity index (χ0v) is 11.9. The van der Waals surface area contributed by atoms with E-state index in [9.17, 15) is 9.59 Å². The second-order valence-electron chi connectivity index (χ2n) is 4.94. The predicted molar refractivity (Wildman–Crippen MR) is 76.8 cm³/mol. The summed E-state index contributed by atoms with van der Waals surface area (Å²) in [4.78, 5) is 22.8. The summed E-state index contributed by atoms with van der Waals surface area (Å²) >= 11 is 0. The number of carboxylic acids is 1. The number of methoxy groups -OCH3 is 1. The molecule has 6 nitrogen and oxygen atoms in total. The van der Waals surface area contributed by atoms with E-state index in [0.29, 0.717) is 24.3 Å². The van der Waals surface area contributed by atoms with Gasteiger partial charge < -0.3 is 19.9 Å². The van der Waals surface area contributed by atoms with Crippen molar-refractivity contribution in [3.8, 4) is 5.75 Å². The molecule has 0 radical (unpaired) electrons. The maximum Gasteiger partial charge on any atom is 0.335 e. The first-order chi connectivity index (χ1) is 10.1. The Kier molecular flexibility index (Phi) is 5.16. The largest absolute Gasteiger partial charge is 0.495 e. The maximum atomic E-state index is 11.9. The van der Waals surface area contributed by atoms with Crippen LogP contribution in [0.1, 0.15) is 36.0 Å². The number of nitrogens with one attached hydrogen (secondary N) is 1. The van der Waals surface area contributed by atoms with Gasteiger partial charge in [0.05, 0.1) is 24.5 Å². The predicted octanol–water partition coefficient (Wildman–Crippen LogP) is 2.29. The quantitative estimate of drug-likeness (QED) is 0.840. The summed E-state index contributed by atoms with van der Waals surface area (Å²) in [6.45, 7) is 0.775. The summed E-state index contributed by atoms with van der Waals surface area (Å²) in [5.41, 5.74) is 0.587. The van der Waals surface area contributed by atoms with Gasteiger partial charge in [-0.2, -0.15) is 0 Å². The minimum Gasteiger partial charge on any atom is -0.495 e. The Morgan fingerprint density at radius 2 is 2.29 bits per heavy atom. The van der Waals surface area contributed by atoms with Crippen LogP contribution in [0.5, 0.6) is 5.75 Å². The third-order valence-corrected chi connectivity index (χ3v) is 3.44. The Hall–Kier alpha value is -2.08. The van der Waals surface area contributed by atoms with Gasteiger partial charge in [0.25, 0.3) is 0 Å². The molecule has 114 valence electrons. The molecule has 6 heteroatoms. The van der Waals surface area contributed by atoms with Crippen LogP contribution in [0.25, 0.3) is 0 Å². The number of benzene rings is 1. The highest BCUT2D eigenvalue weighted by atomic mass is 16.5. The van der Waals surface area contributed by atoms with Gasteiger partial charge in [0, 0.05) is 13.0 Å². The van der Waals surface area contributed by atoms with E-state index in [1.165, 1.54) is 25.3 Å². The number of rotatable bonds is 6. The van der Waals surface area contributed by atoms with Crippen LogP contribution in [0.2, 0.25) is 0 Å². The Labute approximate surface area is 123 Å². The lowest BCUT2D eigenvalue weighted by atomic mass is 10.1. The standard InChI is InChI=1S/C15H19NO5/c1-20-13-9-10(15(18)19)4-6-12(13)16-14(17)7-5-11-3-2-8-21-11/h4,6,9,11H,2-3,5,7-8H2,1H3,(H,16,17)(H,18,19). The van der Waals surface area contributed by atoms with Crippen molar-refractivity contribution in [1.82, 2.24) is 0 Å². The van der Waals surface area contributed by atoms with Crippen molar-refractivity contribution in [2.24, 2.45) is 0 Å². The number of anilines is 1. The SMILES string of the molecule is COc1cc(C(=O)O)ccc1NC(=O)CCC1CCCO1. The molecule has 1 unspecified atom stereocenters. The molecule has 21 heavy (non-hydrogen) atoms. The monoisotopic (exact) mass is 293 g/mol. The molecular formula is C15H19NO5. The summed E-state index contributed by atoms with van der Waals surface area (Å²) < 4.78 is 10.6. The summed E-state index contributed by atoms with van der Waals surface area (Å²) in [5, 5.41) is 11.7. The van der Waals surface area contributed by atoms with Crippen LogP contribution in [-0.4, -0.2) is 36.8 Å². The minimum absolute atomic E-state index is 0.115. The molecule has 1 saturated heterocycles. The molecule has 1 fully saturated rings. The lowest BCUT2D eigenvalue weighted by molar-refractivity contribution is -0.116. The van der Waals surface area contributed by atoms with Gasteiger partial charge in [-0.3, -0.25) is 4.79 Å². The fourth-order valence-electron chi connectivity index (χ4n) is 2.30. The summed E-state index contributed by atoms with van der Waals surface area (Å²) in [6, 6.07) is 4.35. The molecule has 2 rings (SSSR count). The molecular weight excluding hydrogens is 274 g/mol. The van der Waals surface area contributed by atoms with Crippen LogP contribution in [0.15, 0.2) is 18.2 Å². The fourth-order valence-corrected chi connectivity index (χ4v) is 2.30. The van der Waals surface area contributed by atoms with Crippen molar-refractivity contribution >= 4 is 17.6 Å². The molecule has 0 saturated carbocycles. The number of ether oxygens (including phenoxy) is 2. The summed E-state index contributed by atoms with van der Waals surface area (Å²) in [5.74, 6) is -0.836. The van der Waals surface area contributed by atoms with Gasteiger partial charge >= 0.3 is 5.97 Å². The molecule has 1 aliphatic rings. The smallest absolute Gasteiger partial charge is 0.335 e. The van der Waals surface area contributed by atoms with Gasteiger partial charge in [-0.05, 0) is 37.5 Å². The van der Waals surface area contributed by atoms with Crippen molar-refractivity contribution in [1.29, 1.82) is 0 Å². The van der Waals surface area contributed by atoms with E-state index in [-0.39, 0.29) is 17.6 Å². The van der Waals surface area contributed by atoms with E-state index in [4.69, 9.17) is 14.6 Å². The van der Waals surface area contributed by atoms with Crippen LogP contribution in [0.3, 0.4) is 0 Å². The van der Waals surface area contributed by atoms with Crippen molar-refractivity contribution in [3.63, 3.8) is 0 Å². The molecule has 1 atom stereocenters. The molecule has 0 aliphatic carbocycles. The second kappa shape index (κ2) is 7.08. The Bertz CT molecular complexity index is 523. The number of carbonyl (C=O) groups excluding carboxylic acids is 1. The van der Waals surface area contributed by atoms with Crippen molar-refractivity contribution in [2.75, 3.05) is 19.0 Å². The maximum absolute atomic E-state index is 11.9. The van der Waals surface area contributed by atoms with Crippen LogP contribution in [0, 0.1) is 0 Å². The minimum atomic E-state index is -1.04. The van der Waals surface area contributed by atoms with E-state index in [1.807, 2.05) is 0 Å². The number of amides is 1. The number of carbonyl (C=O) groups is 2. The molecule has 1 aliphatic heterocycles. The molecule has 0 aromatic heterocycles. The Morgan fingerprint density at radius 1 is 1.48 bits per heavy atom. The average Bonchev–Trinajstić information content (AvgIpc) is 2.98. The van der Waals surface area contributed by atoms with Gasteiger partial charge in [-0.15, -0.1) is 0 Å². The van der Waals surface area contributed by atoms with Crippen molar-refractivity contribution in [3.05, 3.63) is 23.8 Å². The molecule has 0 spiro atoms. The third-order valence-electron chi connectivity index (χ3n) is 3.44. The van der Waals surface area contributed by atoms with Crippen LogP contribution in [-0.2, 0) is 9.53 Å². The average molecular weight is 293 g/mol. The number of hydrogen-bond acceptors (Lipinski definition) is 4. The molecule has 1 heterocycles. The highest BCUT2D eigenvalue weighted by molar-refractivity contribution is 5.94. The van der Waals surface area contributed by atoms with E-state index >= 15 is 0 Å². The van der Waals surface area contributed by atoms with Crippen LogP contribution >= 0.6 is 0 Å². The van der Waals surface area contributed by atoms with E-state index < -0.39 is 5.97 Å². The normalized spacial score (nSPS) is 17.5. The fraction of sp³-hybridized carbons (Fsp3) is 0.467. The summed E-state index contributed by atoms with van der Waals surface area (Å²) in [6.07, 6.45) is 3.29. The Balaban J connectivity index is 1.94. The second-order valence-corrected chi connectivity index (χ2v) is 4.94. The molecule has 2 N–H and O–H groups in total. The number of hydrogen-bond donors (Lipinski definition) is 2. The molecule has 1 aromatic carbocycles. The van der Waals surface area contributed by atoms with E-state index in [0.717, 1.165) is 19.4 Å². The number of aromatic carboxylic acids is 1. The molecule has 1 aromatic rings. The lowest BCUT2D eigenvalue weighted by Crippen LogP contribution is -2.16. The van der Waals surface area contributed by atoms with Gasteiger partial charge in [0.15, 0.2) is 0 Å². The Morgan fingerprint density at radius 3 is 2.90 bits per heavy atom. The van der Waals surface area contributed by atoms with Crippen LogP contribution in [0.4, 0.5) is 5.69 Å². The van der Waals surface area contributed by atoms with Gasteiger partial charge in [0.2, 0.25) is 5.91 Å². The van der Waals surface area contributed by atoms with Crippen LogP contribution < -0.4 is 10.1 Å². The molecule has 1 amide bonds. The zero-order valence-electron chi connectivity index (χ0n) is 11.9. The molecule has 0 bridgehead atoms. The highest BCUT2D eigenvalue weighted by Gasteiger charge is 2.17. The highest BCUT2D eigenvalue weighted by Crippen LogP contribution is 2.26. The topological polar surface area (TPSA) is 84.9 Å². The third kappa shape index (κ3) is 4.19. The van der Waals surface area contributed by atoms with Gasteiger partial charge in [-0.1, -0.05) is 0 Å². The van der Waals surface area contributed by atoms with E-state index in [2.05, 4.69) is 5.32 Å². The zero-order chi connectivity index (χ0) is 15.2. The first kappa shape index (κ1) is 15.3. The van der Waals surface area contributed by atoms with Gasteiger partial charge in [0.1, 0.15) is 5.75 Å². The van der Waals surface area contributed by atoms with Crippen molar-refractivity contribution < 1.29 is 24.2 Å². The van der Waals surface area contributed by atoms with Crippen molar-refractivity contribution in [2.45, 2.75) is 31.8 Å². The number of carboxylic acid groups (broad SMARTS) is 1. The summed E-state index contributed by atoms with van der Waals surface area (Å²) in [7, 11) is 1.43.